The van der Waals surface area contributed by atoms with Gasteiger partial charge in [0, 0.05) is 6.08 Å². The Bertz CT molecular complexity index is 548. The predicted octanol–water partition coefficient (Wildman–Crippen LogP) is 4.67. The fourth-order valence-corrected chi connectivity index (χ4v) is 1.44. The Kier molecular flexibility index (Phi) is 4.72. The fourth-order valence-electron chi connectivity index (χ4n) is 1.22. The van der Waals surface area contributed by atoms with E-state index < -0.39 is 28.8 Å². The maximum Gasteiger partial charge on any atom is 0.460 e. The van der Waals surface area contributed by atoms with E-state index in [1.54, 1.807) is 0 Å². The van der Waals surface area contributed by atoms with Gasteiger partial charge in [0.15, 0.2) is 0 Å². The number of rotatable bonds is 4. The van der Waals surface area contributed by atoms with E-state index in [0.717, 1.165) is 0 Å². The molecule has 0 saturated heterocycles. The molecule has 1 aromatic carbocycles. The van der Waals surface area contributed by atoms with Crippen LogP contribution in [0.3, 0.4) is 0 Å². The average molecular weight is 335 g/mol. The molecular formula is C12H6ClF7O. The highest BCUT2D eigenvalue weighted by atomic mass is 35.5. The molecular weight excluding hydrogens is 329 g/mol. The van der Waals surface area contributed by atoms with Gasteiger partial charge in [0.05, 0.1) is 5.03 Å². The van der Waals surface area contributed by atoms with Crippen molar-refractivity contribution in [1.82, 2.24) is 0 Å². The van der Waals surface area contributed by atoms with Gasteiger partial charge in [-0.2, -0.15) is 30.7 Å². The van der Waals surface area contributed by atoms with Crippen LogP contribution in [0.4, 0.5) is 30.7 Å². The number of ketones is 1. The number of allylic oxidation sites excluding steroid dienone is 1. The van der Waals surface area contributed by atoms with Gasteiger partial charge in [-0.15, -0.1) is 0 Å². The minimum Gasteiger partial charge on any atom is -0.288 e. The van der Waals surface area contributed by atoms with E-state index >= 15 is 0 Å². The lowest BCUT2D eigenvalue weighted by molar-refractivity contribution is -0.342. The molecule has 0 aliphatic carbocycles. The van der Waals surface area contributed by atoms with E-state index in [2.05, 4.69) is 0 Å². The van der Waals surface area contributed by atoms with Crippen molar-refractivity contribution in [2.24, 2.45) is 0 Å². The highest BCUT2D eigenvalue weighted by Crippen LogP contribution is 2.47. The Balaban J connectivity index is 3.13. The Morgan fingerprint density at radius 2 is 1.43 bits per heavy atom. The van der Waals surface area contributed by atoms with Crippen molar-refractivity contribution >= 4 is 22.4 Å². The Morgan fingerprint density at radius 1 is 0.952 bits per heavy atom. The fraction of sp³-hybridized carbons (Fsp3) is 0.250. The molecule has 0 aliphatic rings. The highest BCUT2D eigenvalue weighted by molar-refractivity contribution is 6.50. The first-order chi connectivity index (χ1) is 9.41. The molecule has 21 heavy (non-hydrogen) atoms. The summed E-state index contributed by atoms with van der Waals surface area (Å²) in [7, 11) is 0. The first-order valence-corrected chi connectivity index (χ1v) is 5.58. The third kappa shape index (κ3) is 3.37. The summed E-state index contributed by atoms with van der Waals surface area (Å²) >= 11 is 5.45. The second kappa shape index (κ2) is 5.67. The minimum atomic E-state index is -6.57. The molecule has 1 rings (SSSR count). The summed E-state index contributed by atoms with van der Waals surface area (Å²) in [5.74, 6) is -15.2. The third-order valence-corrected chi connectivity index (χ3v) is 2.69. The first-order valence-electron chi connectivity index (χ1n) is 5.20. The van der Waals surface area contributed by atoms with Crippen molar-refractivity contribution in [3.05, 3.63) is 42.0 Å². The quantitative estimate of drug-likeness (QED) is 0.578. The Morgan fingerprint density at radius 3 is 1.86 bits per heavy atom. The zero-order valence-electron chi connectivity index (χ0n) is 9.90. The van der Waals surface area contributed by atoms with E-state index in [1.165, 1.54) is 30.3 Å². The van der Waals surface area contributed by atoms with Gasteiger partial charge in [-0.1, -0.05) is 41.9 Å². The number of carbonyl (C=O) groups excluding carboxylic acids is 1. The van der Waals surface area contributed by atoms with Crippen molar-refractivity contribution in [3.8, 4) is 0 Å². The minimum absolute atomic E-state index is 0.0126. The van der Waals surface area contributed by atoms with Gasteiger partial charge in [0.25, 0.3) is 0 Å². The van der Waals surface area contributed by atoms with Gasteiger partial charge in [0.2, 0.25) is 5.78 Å². The largest absolute Gasteiger partial charge is 0.460 e. The molecule has 0 fully saturated rings. The smallest absolute Gasteiger partial charge is 0.288 e. The summed E-state index contributed by atoms with van der Waals surface area (Å²) in [5.41, 5.74) is 0.0126. The van der Waals surface area contributed by atoms with E-state index in [4.69, 9.17) is 11.6 Å². The molecule has 0 aliphatic heterocycles. The van der Waals surface area contributed by atoms with E-state index in [1.807, 2.05) is 0 Å². The Labute approximate surface area is 119 Å². The van der Waals surface area contributed by atoms with Gasteiger partial charge in [-0.25, -0.2) is 0 Å². The number of benzene rings is 1. The van der Waals surface area contributed by atoms with Gasteiger partial charge >= 0.3 is 18.0 Å². The lowest BCUT2D eigenvalue weighted by Gasteiger charge is -2.26. The lowest BCUT2D eigenvalue weighted by atomic mass is 10.1. The summed E-state index contributed by atoms with van der Waals surface area (Å²) in [6.45, 7) is 0. The number of alkyl halides is 7. The molecule has 0 atom stereocenters. The lowest BCUT2D eigenvalue weighted by Crippen LogP contribution is -2.55. The van der Waals surface area contributed by atoms with Crippen molar-refractivity contribution in [2.45, 2.75) is 18.0 Å². The average Bonchev–Trinajstić information content (AvgIpc) is 2.38. The molecule has 9 heteroatoms. The van der Waals surface area contributed by atoms with Gasteiger partial charge < -0.3 is 0 Å². The highest BCUT2D eigenvalue weighted by Gasteiger charge is 2.75. The predicted molar refractivity (Wildman–Crippen MR) is 61.2 cm³/mol. The van der Waals surface area contributed by atoms with Gasteiger partial charge in [-0.3, -0.25) is 4.79 Å². The number of hydrogen-bond acceptors (Lipinski definition) is 1. The maximum absolute atomic E-state index is 13.0. The first kappa shape index (κ1) is 17.5. The van der Waals surface area contributed by atoms with Crippen LogP contribution in [0.25, 0.3) is 5.03 Å². The number of carbonyl (C=O) groups is 1. The van der Waals surface area contributed by atoms with Crippen LogP contribution < -0.4 is 0 Å². The molecule has 0 amide bonds. The summed E-state index contributed by atoms with van der Waals surface area (Å²) < 4.78 is 87.1. The second-order valence-electron chi connectivity index (χ2n) is 3.87. The standard InChI is InChI=1S/C12H6ClF7O/c13-8(7-4-2-1-3-5-7)6-9(21)10(14,15)11(16,17)12(18,19)20/h1-6H/b8-6-. The van der Waals surface area contributed by atoms with E-state index in [-0.39, 0.29) is 11.6 Å². The van der Waals surface area contributed by atoms with Crippen LogP contribution >= 0.6 is 11.6 Å². The van der Waals surface area contributed by atoms with Gasteiger partial charge in [-0.05, 0) is 5.56 Å². The molecule has 0 radical (unpaired) electrons. The van der Waals surface area contributed by atoms with Crippen LogP contribution in [0.1, 0.15) is 5.56 Å². The SMILES string of the molecule is O=C(/C=C(\Cl)c1ccccc1)C(F)(F)C(F)(F)C(F)(F)F. The Hall–Kier alpha value is -1.57. The van der Waals surface area contributed by atoms with E-state index in [9.17, 15) is 35.5 Å². The molecule has 0 spiro atoms. The molecule has 116 valence electrons. The zero-order valence-corrected chi connectivity index (χ0v) is 10.7. The van der Waals surface area contributed by atoms with Crippen molar-refractivity contribution in [3.63, 3.8) is 0 Å². The summed E-state index contributed by atoms with van der Waals surface area (Å²) in [4.78, 5) is 11.1. The summed E-state index contributed by atoms with van der Waals surface area (Å²) in [6.07, 6.45) is -6.73. The summed E-state index contributed by atoms with van der Waals surface area (Å²) in [6, 6.07) is 6.83. The second-order valence-corrected chi connectivity index (χ2v) is 4.28. The van der Waals surface area contributed by atoms with Crippen molar-refractivity contribution < 1.29 is 35.5 Å². The molecule has 0 heterocycles. The van der Waals surface area contributed by atoms with Crippen LogP contribution in [0.5, 0.6) is 0 Å². The van der Waals surface area contributed by atoms with Crippen LogP contribution in [0.15, 0.2) is 36.4 Å². The monoisotopic (exact) mass is 334 g/mol. The molecule has 0 unspecified atom stereocenters. The maximum atomic E-state index is 13.0. The van der Waals surface area contributed by atoms with E-state index in [0.29, 0.717) is 0 Å². The number of halogens is 8. The molecule has 0 aromatic heterocycles. The third-order valence-electron chi connectivity index (χ3n) is 2.37. The van der Waals surface area contributed by atoms with Crippen LogP contribution in [-0.2, 0) is 4.79 Å². The number of hydrogen-bond donors (Lipinski definition) is 0. The topological polar surface area (TPSA) is 17.1 Å². The summed E-state index contributed by atoms with van der Waals surface area (Å²) in [5, 5.41) is -0.682. The van der Waals surface area contributed by atoms with Crippen molar-refractivity contribution in [2.75, 3.05) is 0 Å². The molecule has 0 N–H and O–H groups in total. The molecule has 0 saturated carbocycles. The normalized spacial score (nSPS) is 14.2. The van der Waals surface area contributed by atoms with Crippen LogP contribution in [0.2, 0.25) is 0 Å². The van der Waals surface area contributed by atoms with Crippen LogP contribution in [-0.4, -0.2) is 23.8 Å². The molecule has 1 aromatic rings. The van der Waals surface area contributed by atoms with Crippen molar-refractivity contribution in [1.29, 1.82) is 0 Å². The van der Waals surface area contributed by atoms with Gasteiger partial charge in [0.1, 0.15) is 0 Å². The molecule has 0 bridgehead atoms. The zero-order chi connectivity index (χ0) is 16.5. The molecule has 1 nitrogen and oxygen atoms in total. The van der Waals surface area contributed by atoms with Crippen LogP contribution in [0, 0.1) is 0 Å².